The zero-order valence-corrected chi connectivity index (χ0v) is 20.8. The highest BCUT2D eigenvalue weighted by Gasteiger charge is 2.64. The number of nitrogens with zero attached hydrogens (tertiary/aromatic N) is 4. The van der Waals surface area contributed by atoms with E-state index in [-0.39, 0.29) is 12.8 Å². The van der Waals surface area contributed by atoms with Crippen LogP contribution in [0.1, 0.15) is 58.9 Å². The monoisotopic (exact) mass is 531 g/mol. The summed E-state index contributed by atoms with van der Waals surface area (Å²) in [5, 5.41) is 12.7. The lowest BCUT2D eigenvalue weighted by Gasteiger charge is -2.22. The van der Waals surface area contributed by atoms with Gasteiger partial charge in [0.05, 0.1) is 5.71 Å². The van der Waals surface area contributed by atoms with Gasteiger partial charge in [0.15, 0.2) is 5.82 Å². The molecular formula is C25H21ClF3N5OS. The van der Waals surface area contributed by atoms with Gasteiger partial charge in [0, 0.05) is 26.9 Å². The van der Waals surface area contributed by atoms with Crippen molar-refractivity contribution in [1.29, 1.82) is 0 Å². The van der Waals surface area contributed by atoms with Crippen molar-refractivity contribution in [1.82, 2.24) is 20.1 Å². The summed E-state index contributed by atoms with van der Waals surface area (Å²) in [6.07, 6.45) is -2.12. The minimum absolute atomic E-state index is 0.0623. The first-order valence-corrected chi connectivity index (χ1v) is 13.1. The number of nitrogens with one attached hydrogen (secondary N) is 1. The van der Waals surface area contributed by atoms with Gasteiger partial charge in [-0.1, -0.05) is 29.8 Å². The van der Waals surface area contributed by atoms with Crippen molar-refractivity contribution in [2.24, 2.45) is 10.9 Å². The summed E-state index contributed by atoms with van der Waals surface area (Å²) in [5.41, 5.74) is 0.873. The van der Waals surface area contributed by atoms with Crippen LogP contribution in [0.2, 0.25) is 5.02 Å². The van der Waals surface area contributed by atoms with Crippen LogP contribution in [0, 0.1) is 12.8 Å². The number of hydrogen-bond acceptors (Lipinski definition) is 5. The topological polar surface area (TPSA) is 72.2 Å². The number of alkyl halides is 3. The molecule has 186 valence electrons. The standard InChI is InChI=1S/C25H21ClF3N5OS/c1-12-32-33-22-23(6-7-23)30-19(14-4-2-3-5-16(14)26)18-15-10-13(11-17(15)36-21(18)34(12)22)20(35)31-24(8-9-24)25(27,28)29/h2-5,13H,6-11H2,1H3,(H,31,35)/t13-/m0/s1. The lowest BCUT2D eigenvalue weighted by Crippen LogP contribution is -2.50. The molecule has 0 saturated heterocycles. The molecule has 1 aliphatic heterocycles. The minimum atomic E-state index is -4.44. The van der Waals surface area contributed by atoms with Crippen LogP contribution in [0.25, 0.3) is 5.00 Å². The first-order chi connectivity index (χ1) is 17.1. The van der Waals surface area contributed by atoms with Crippen LogP contribution in [0.5, 0.6) is 0 Å². The third kappa shape index (κ3) is 3.09. The molecule has 3 aromatic rings. The number of benzene rings is 1. The lowest BCUT2D eigenvalue weighted by atomic mass is 9.97. The molecule has 11 heteroatoms. The van der Waals surface area contributed by atoms with Crippen molar-refractivity contribution in [3.63, 3.8) is 0 Å². The van der Waals surface area contributed by atoms with Crippen molar-refractivity contribution >= 4 is 34.6 Å². The number of aryl methyl sites for hydroxylation is 1. The van der Waals surface area contributed by atoms with Gasteiger partial charge in [0.1, 0.15) is 21.9 Å². The van der Waals surface area contributed by atoms with E-state index in [1.165, 1.54) is 0 Å². The zero-order valence-electron chi connectivity index (χ0n) is 19.2. The van der Waals surface area contributed by atoms with Gasteiger partial charge in [-0.25, -0.2) is 0 Å². The molecule has 3 aliphatic carbocycles. The van der Waals surface area contributed by atoms with Gasteiger partial charge in [-0.15, -0.1) is 21.5 Å². The van der Waals surface area contributed by atoms with Crippen LogP contribution in [0.4, 0.5) is 13.2 Å². The Labute approximate surface area is 213 Å². The average Bonchev–Trinajstić information content (AvgIpc) is 3.67. The summed E-state index contributed by atoms with van der Waals surface area (Å²) in [5.74, 6) is 0.469. The molecule has 6 nitrogen and oxygen atoms in total. The highest BCUT2D eigenvalue weighted by molar-refractivity contribution is 7.15. The van der Waals surface area contributed by atoms with E-state index >= 15 is 0 Å². The molecule has 4 aliphatic rings. The van der Waals surface area contributed by atoms with Crippen LogP contribution in [0.3, 0.4) is 0 Å². The summed E-state index contributed by atoms with van der Waals surface area (Å²) >= 11 is 8.19. The second-order valence-electron chi connectivity index (χ2n) is 10.2. The van der Waals surface area contributed by atoms with Gasteiger partial charge in [0.2, 0.25) is 5.91 Å². The first-order valence-electron chi connectivity index (χ1n) is 11.9. The Hall–Kier alpha value is -2.72. The van der Waals surface area contributed by atoms with Crippen molar-refractivity contribution < 1.29 is 18.0 Å². The van der Waals surface area contributed by atoms with E-state index in [4.69, 9.17) is 16.6 Å². The van der Waals surface area contributed by atoms with Crippen LogP contribution in [-0.4, -0.2) is 38.1 Å². The van der Waals surface area contributed by atoms with Gasteiger partial charge < -0.3 is 5.32 Å². The Morgan fingerprint density at radius 1 is 1.17 bits per heavy atom. The first kappa shape index (κ1) is 22.5. The van der Waals surface area contributed by atoms with Gasteiger partial charge in [0.25, 0.3) is 0 Å². The van der Waals surface area contributed by atoms with Crippen LogP contribution in [-0.2, 0) is 23.2 Å². The van der Waals surface area contributed by atoms with Crippen LogP contribution >= 0.6 is 22.9 Å². The molecule has 7 rings (SSSR count). The number of rotatable bonds is 3. The third-order valence-electron chi connectivity index (χ3n) is 7.84. The highest BCUT2D eigenvalue weighted by Crippen LogP contribution is 2.54. The normalized spacial score (nSPS) is 22.4. The number of thiophene rings is 1. The van der Waals surface area contributed by atoms with E-state index in [0.29, 0.717) is 17.9 Å². The van der Waals surface area contributed by atoms with Gasteiger partial charge in [-0.05, 0) is 57.1 Å². The number of aliphatic imine (C=N–C) groups is 1. The minimum Gasteiger partial charge on any atom is -0.342 e. The highest BCUT2D eigenvalue weighted by atomic mass is 35.5. The third-order valence-corrected chi connectivity index (χ3v) is 9.41. The number of fused-ring (bicyclic) bond motifs is 6. The van der Waals surface area contributed by atoms with E-state index in [1.54, 1.807) is 11.3 Å². The molecule has 0 bridgehead atoms. The molecule has 36 heavy (non-hydrogen) atoms. The summed E-state index contributed by atoms with van der Waals surface area (Å²) in [7, 11) is 0. The van der Waals surface area contributed by atoms with Crippen LogP contribution < -0.4 is 5.32 Å². The maximum absolute atomic E-state index is 13.5. The largest absolute Gasteiger partial charge is 0.411 e. The molecule has 1 atom stereocenters. The Morgan fingerprint density at radius 2 is 1.92 bits per heavy atom. The van der Waals surface area contributed by atoms with Crippen molar-refractivity contribution in [2.75, 3.05) is 0 Å². The second-order valence-corrected chi connectivity index (χ2v) is 11.7. The second kappa shape index (κ2) is 7.19. The molecule has 1 N–H and O–H groups in total. The Balaban J connectivity index is 1.33. The number of aromatic nitrogens is 3. The molecule has 1 spiro atoms. The van der Waals surface area contributed by atoms with Crippen molar-refractivity contribution in [3.05, 3.63) is 62.5 Å². The fraction of sp³-hybridized carbons (Fsp3) is 0.440. The maximum atomic E-state index is 13.5. The Kier molecular flexibility index (Phi) is 4.49. The van der Waals surface area contributed by atoms with E-state index in [0.717, 1.165) is 56.8 Å². The molecule has 0 unspecified atom stereocenters. The Bertz CT molecular complexity index is 1480. The SMILES string of the molecule is Cc1nnc2n1-c1sc3c(c1C(c1ccccc1Cl)=NC21CC1)C[C@H](C(=O)NC1(C(F)(F)F)CC1)C3. The van der Waals surface area contributed by atoms with E-state index in [9.17, 15) is 18.0 Å². The van der Waals surface area contributed by atoms with E-state index in [1.807, 2.05) is 31.2 Å². The summed E-state index contributed by atoms with van der Waals surface area (Å²) in [6, 6.07) is 7.53. The Morgan fingerprint density at radius 3 is 2.58 bits per heavy atom. The maximum Gasteiger partial charge on any atom is 0.411 e. The zero-order chi connectivity index (χ0) is 25.0. The number of halogens is 4. The molecule has 2 aromatic heterocycles. The average molecular weight is 532 g/mol. The number of carbonyl (C=O) groups excluding carboxylic acids is 1. The molecule has 1 amide bonds. The van der Waals surface area contributed by atoms with E-state index in [2.05, 4.69) is 20.1 Å². The van der Waals surface area contributed by atoms with Crippen LogP contribution in [0.15, 0.2) is 29.3 Å². The number of hydrogen-bond donors (Lipinski definition) is 1. The van der Waals surface area contributed by atoms with E-state index < -0.39 is 29.1 Å². The fourth-order valence-electron chi connectivity index (χ4n) is 5.48. The predicted molar refractivity (Wildman–Crippen MR) is 129 cm³/mol. The summed E-state index contributed by atoms with van der Waals surface area (Å²) < 4.78 is 42.5. The predicted octanol–water partition coefficient (Wildman–Crippen LogP) is 5.06. The van der Waals surface area contributed by atoms with Gasteiger partial charge >= 0.3 is 6.18 Å². The van der Waals surface area contributed by atoms with Gasteiger partial charge in [-0.3, -0.25) is 14.4 Å². The molecular weight excluding hydrogens is 511 g/mol. The number of amides is 1. The molecule has 2 saturated carbocycles. The number of carbonyl (C=O) groups is 1. The molecule has 3 heterocycles. The van der Waals surface area contributed by atoms with Crippen molar-refractivity contribution in [2.45, 2.75) is 62.7 Å². The summed E-state index contributed by atoms with van der Waals surface area (Å²) in [6.45, 7) is 1.91. The quantitative estimate of drug-likeness (QED) is 0.514. The molecule has 1 aromatic carbocycles. The molecule has 0 radical (unpaired) electrons. The fourth-order valence-corrected chi connectivity index (χ4v) is 7.16. The summed E-state index contributed by atoms with van der Waals surface area (Å²) in [4.78, 5) is 19.2. The molecule has 2 fully saturated rings. The lowest BCUT2D eigenvalue weighted by molar-refractivity contribution is -0.171. The smallest absolute Gasteiger partial charge is 0.342 e. The van der Waals surface area contributed by atoms with Crippen molar-refractivity contribution in [3.8, 4) is 5.00 Å². The van der Waals surface area contributed by atoms with Gasteiger partial charge in [-0.2, -0.15) is 13.2 Å².